The van der Waals surface area contributed by atoms with Crippen LogP contribution in [0.2, 0.25) is 0 Å². The molecule has 0 aliphatic heterocycles. The van der Waals surface area contributed by atoms with Gasteiger partial charge in [-0.3, -0.25) is 4.79 Å². The molecule has 0 spiro atoms. The summed E-state index contributed by atoms with van der Waals surface area (Å²) in [4.78, 5) is 11.9. The normalized spacial score (nSPS) is 29.4. The number of thioether (sulfide) groups is 1. The molecule has 2 fully saturated rings. The number of rotatable bonds is 5. The van der Waals surface area contributed by atoms with E-state index in [1.165, 1.54) is 32.1 Å². The van der Waals surface area contributed by atoms with Crippen LogP contribution in [-0.2, 0) is 9.53 Å². The van der Waals surface area contributed by atoms with Crippen molar-refractivity contribution < 1.29 is 9.53 Å². The third kappa shape index (κ3) is 4.16. The Hall–Kier alpha value is -0.220. The number of amides is 1. The second kappa shape index (κ2) is 7.39. The second-order valence-electron chi connectivity index (χ2n) is 5.45. The number of hydrogen-bond donors (Lipinski definition) is 1. The van der Waals surface area contributed by atoms with Gasteiger partial charge < -0.3 is 10.1 Å². The molecule has 3 nitrogen and oxygen atoms in total. The number of ether oxygens (including phenoxy) is 1. The van der Waals surface area contributed by atoms with E-state index in [-0.39, 0.29) is 12.5 Å². The first-order chi connectivity index (χ1) is 8.79. The molecule has 0 bridgehead atoms. The summed E-state index contributed by atoms with van der Waals surface area (Å²) in [7, 11) is 0. The summed E-state index contributed by atoms with van der Waals surface area (Å²) in [5.41, 5.74) is 0. The molecule has 18 heavy (non-hydrogen) atoms. The summed E-state index contributed by atoms with van der Waals surface area (Å²) in [6.07, 6.45) is 12.1. The maximum absolute atomic E-state index is 11.9. The molecule has 2 aliphatic carbocycles. The van der Waals surface area contributed by atoms with Gasteiger partial charge in [-0.05, 0) is 31.9 Å². The Kier molecular flexibility index (Phi) is 5.83. The SMILES string of the molecule is CS[C@H]1CCCC[C@H]1NC(=O)COC1CCCC1. The van der Waals surface area contributed by atoms with Gasteiger partial charge >= 0.3 is 0 Å². The molecule has 0 aromatic carbocycles. The summed E-state index contributed by atoms with van der Waals surface area (Å²) in [6, 6.07) is 0.355. The van der Waals surface area contributed by atoms with Crippen LogP contribution in [0.15, 0.2) is 0 Å². The van der Waals surface area contributed by atoms with Gasteiger partial charge in [0, 0.05) is 11.3 Å². The minimum absolute atomic E-state index is 0.0767. The first kappa shape index (κ1) is 14.2. The Morgan fingerprint density at radius 1 is 1.17 bits per heavy atom. The van der Waals surface area contributed by atoms with Gasteiger partial charge in [-0.15, -0.1) is 0 Å². The average Bonchev–Trinajstić information content (AvgIpc) is 2.90. The van der Waals surface area contributed by atoms with Gasteiger partial charge in [-0.2, -0.15) is 11.8 Å². The molecule has 2 saturated carbocycles. The standard InChI is InChI=1S/C14H25NO2S/c1-18-13-9-5-4-8-12(13)15-14(16)10-17-11-6-2-3-7-11/h11-13H,2-10H2,1H3,(H,15,16)/t12-,13+/m1/s1. The first-order valence-electron chi connectivity index (χ1n) is 7.23. The predicted molar refractivity (Wildman–Crippen MR) is 75.9 cm³/mol. The van der Waals surface area contributed by atoms with Gasteiger partial charge in [-0.1, -0.05) is 25.7 Å². The van der Waals surface area contributed by atoms with Crippen molar-refractivity contribution in [3.8, 4) is 0 Å². The van der Waals surface area contributed by atoms with Crippen molar-refractivity contribution in [1.82, 2.24) is 5.32 Å². The lowest BCUT2D eigenvalue weighted by Crippen LogP contribution is -2.45. The minimum atomic E-state index is 0.0767. The maximum atomic E-state index is 11.9. The van der Waals surface area contributed by atoms with Crippen LogP contribution in [-0.4, -0.2) is 36.2 Å². The van der Waals surface area contributed by atoms with Crippen LogP contribution in [0.3, 0.4) is 0 Å². The largest absolute Gasteiger partial charge is 0.368 e. The van der Waals surface area contributed by atoms with Crippen molar-refractivity contribution in [2.24, 2.45) is 0 Å². The van der Waals surface area contributed by atoms with Crippen LogP contribution < -0.4 is 5.32 Å². The fourth-order valence-electron chi connectivity index (χ4n) is 3.04. The smallest absolute Gasteiger partial charge is 0.246 e. The van der Waals surface area contributed by atoms with E-state index in [0.717, 1.165) is 19.3 Å². The molecule has 2 atom stereocenters. The summed E-state index contributed by atoms with van der Waals surface area (Å²) in [5.74, 6) is 0.0767. The lowest BCUT2D eigenvalue weighted by molar-refractivity contribution is -0.128. The highest BCUT2D eigenvalue weighted by Gasteiger charge is 2.26. The molecule has 0 heterocycles. The summed E-state index contributed by atoms with van der Waals surface area (Å²) < 4.78 is 5.66. The van der Waals surface area contributed by atoms with Crippen molar-refractivity contribution in [2.75, 3.05) is 12.9 Å². The molecule has 0 aromatic rings. The molecular weight excluding hydrogens is 246 g/mol. The van der Waals surface area contributed by atoms with Crippen LogP contribution in [0.25, 0.3) is 0 Å². The predicted octanol–water partition coefficient (Wildman–Crippen LogP) is 2.74. The van der Waals surface area contributed by atoms with E-state index in [0.29, 0.717) is 17.4 Å². The van der Waals surface area contributed by atoms with Crippen LogP contribution in [0.4, 0.5) is 0 Å². The van der Waals surface area contributed by atoms with Gasteiger partial charge in [0.05, 0.1) is 6.10 Å². The fourth-order valence-corrected chi connectivity index (χ4v) is 3.98. The van der Waals surface area contributed by atoms with Crippen LogP contribution in [0, 0.1) is 0 Å². The molecule has 2 aliphatic rings. The highest BCUT2D eigenvalue weighted by atomic mass is 32.2. The zero-order chi connectivity index (χ0) is 12.8. The van der Waals surface area contributed by atoms with Crippen LogP contribution in [0.1, 0.15) is 51.4 Å². The third-order valence-electron chi connectivity index (χ3n) is 4.10. The van der Waals surface area contributed by atoms with Gasteiger partial charge in [0.15, 0.2) is 0 Å². The molecule has 4 heteroatoms. The van der Waals surface area contributed by atoms with E-state index in [9.17, 15) is 4.79 Å². The fraction of sp³-hybridized carbons (Fsp3) is 0.929. The molecule has 1 amide bonds. The van der Waals surface area contributed by atoms with E-state index in [1.54, 1.807) is 0 Å². The molecule has 0 aromatic heterocycles. The molecule has 2 rings (SSSR count). The first-order valence-corrected chi connectivity index (χ1v) is 8.52. The van der Waals surface area contributed by atoms with E-state index >= 15 is 0 Å². The lowest BCUT2D eigenvalue weighted by Gasteiger charge is -2.31. The number of nitrogens with one attached hydrogen (secondary N) is 1. The maximum Gasteiger partial charge on any atom is 0.246 e. The molecule has 104 valence electrons. The van der Waals surface area contributed by atoms with Gasteiger partial charge in [0.25, 0.3) is 0 Å². The zero-order valence-electron chi connectivity index (χ0n) is 11.3. The summed E-state index contributed by atoms with van der Waals surface area (Å²) in [5, 5.41) is 3.75. The van der Waals surface area contributed by atoms with Crippen molar-refractivity contribution in [1.29, 1.82) is 0 Å². The Morgan fingerprint density at radius 2 is 1.83 bits per heavy atom. The quantitative estimate of drug-likeness (QED) is 0.835. The van der Waals surface area contributed by atoms with E-state index < -0.39 is 0 Å². The van der Waals surface area contributed by atoms with Crippen molar-refractivity contribution in [2.45, 2.75) is 68.8 Å². The summed E-state index contributed by atoms with van der Waals surface area (Å²) >= 11 is 1.88. The highest BCUT2D eigenvalue weighted by Crippen LogP contribution is 2.27. The molecule has 0 radical (unpaired) electrons. The van der Waals surface area contributed by atoms with Crippen LogP contribution in [0.5, 0.6) is 0 Å². The number of hydrogen-bond acceptors (Lipinski definition) is 3. The van der Waals surface area contributed by atoms with Gasteiger partial charge in [0.1, 0.15) is 6.61 Å². The Morgan fingerprint density at radius 3 is 2.56 bits per heavy atom. The van der Waals surface area contributed by atoms with Gasteiger partial charge in [0.2, 0.25) is 5.91 Å². The highest BCUT2D eigenvalue weighted by molar-refractivity contribution is 7.99. The van der Waals surface area contributed by atoms with E-state index in [4.69, 9.17) is 4.74 Å². The van der Waals surface area contributed by atoms with E-state index in [1.807, 2.05) is 11.8 Å². The minimum Gasteiger partial charge on any atom is -0.368 e. The Balaban J connectivity index is 1.68. The third-order valence-corrected chi connectivity index (χ3v) is 5.27. The van der Waals surface area contributed by atoms with Gasteiger partial charge in [-0.25, -0.2) is 0 Å². The van der Waals surface area contributed by atoms with Crippen molar-refractivity contribution in [3.05, 3.63) is 0 Å². The number of carbonyl (C=O) groups is 1. The monoisotopic (exact) mass is 271 g/mol. The topological polar surface area (TPSA) is 38.3 Å². The molecule has 0 unspecified atom stereocenters. The Labute approximate surface area is 114 Å². The lowest BCUT2D eigenvalue weighted by atomic mass is 9.95. The summed E-state index contributed by atoms with van der Waals surface area (Å²) in [6.45, 7) is 0.252. The Bertz CT molecular complexity index is 267. The average molecular weight is 271 g/mol. The molecule has 0 saturated heterocycles. The molecular formula is C14H25NO2S. The zero-order valence-corrected chi connectivity index (χ0v) is 12.1. The number of carbonyl (C=O) groups excluding carboxylic acids is 1. The van der Waals surface area contributed by atoms with E-state index in [2.05, 4.69) is 11.6 Å². The second-order valence-corrected chi connectivity index (χ2v) is 6.53. The molecule has 1 N–H and O–H groups in total. The van der Waals surface area contributed by atoms with Crippen molar-refractivity contribution >= 4 is 17.7 Å². The van der Waals surface area contributed by atoms with Crippen molar-refractivity contribution in [3.63, 3.8) is 0 Å². The van der Waals surface area contributed by atoms with Crippen LogP contribution >= 0.6 is 11.8 Å².